The number of benzene rings is 2. The minimum atomic E-state index is -0.293. The number of carbonyl (C=O) groups excluding carboxylic acids is 2. The van der Waals surface area contributed by atoms with E-state index in [4.69, 9.17) is 9.40 Å². The fourth-order valence-electron chi connectivity index (χ4n) is 4.14. The summed E-state index contributed by atoms with van der Waals surface area (Å²) in [6, 6.07) is 18.4. The van der Waals surface area contributed by atoms with Gasteiger partial charge >= 0.3 is 0 Å². The molecule has 1 N–H and O–H groups in total. The normalized spacial score (nSPS) is 14.5. The van der Waals surface area contributed by atoms with Gasteiger partial charge in [0.1, 0.15) is 5.82 Å². The van der Waals surface area contributed by atoms with Gasteiger partial charge in [0.2, 0.25) is 0 Å². The number of amides is 2. The van der Waals surface area contributed by atoms with Gasteiger partial charge in [-0.1, -0.05) is 18.2 Å². The molecule has 168 valence electrons. The van der Waals surface area contributed by atoms with E-state index in [1.807, 2.05) is 60.5 Å². The van der Waals surface area contributed by atoms with E-state index in [0.29, 0.717) is 25.3 Å². The second kappa shape index (κ2) is 8.91. The molecule has 8 nitrogen and oxygen atoms in total. The van der Waals surface area contributed by atoms with Crippen LogP contribution in [0.1, 0.15) is 26.7 Å². The number of hydrogen-bond acceptors (Lipinski definition) is 5. The number of nitrogens with one attached hydrogen (secondary N) is 1. The van der Waals surface area contributed by atoms with Crippen LogP contribution in [-0.2, 0) is 13.6 Å². The number of piperazine rings is 1. The number of imidazole rings is 1. The third-order valence-corrected chi connectivity index (χ3v) is 6.02. The predicted octanol–water partition coefficient (Wildman–Crippen LogP) is 3.38. The maximum absolute atomic E-state index is 12.7. The van der Waals surface area contributed by atoms with Crippen molar-refractivity contribution in [3.05, 3.63) is 84.1 Å². The molecule has 0 atom stereocenters. The van der Waals surface area contributed by atoms with Gasteiger partial charge in [-0.2, -0.15) is 0 Å². The highest BCUT2D eigenvalue weighted by atomic mass is 16.3. The monoisotopic (exact) mass is 443 g/mol. The Kier molecular flexibility index (Phi) is 5.66. The van der Waals surface area contributed by atoms with Gasteiger partial charge in [-0.3, -0.25) is 14.5 Å². The molecule has 4 aromatic rings. The summed E-state index contributed by atoms with van der Waals surface area (Å²) >= 11 is 0. The molecule has 0 radical (unpaired) electrons. The summed E-state index contributed by atoms with van der Waals surface area (Å²) in [5, 5.41) is 2.85. The molecule has 0 bridgehead atoms. The minimum absolute atomic E-state index is 0.0853. The van der Waals surface area contributed by atoms with Crippen LogP contribution in [0.4, 0.5) is 5.69 Å². The van der Waals surface area contributed by atoms with Crippen molar-refractivity contribution < 1.29 is 14.0 Å². The number of carbonyl (C=O) groups is 2. The summed E-state index contributed by atoms with van der Waals surface area (Å²) in [6.07, 6.45) is 1.47. The van der Waals surface area contributed by atoms with Gasteiger partial charge in [0.25, 0.3) is 11.8 Å². The molecule has 0 spiro atoms. The molecule has 8 heteroatoms. The van der Waals surface area contributed by atoms with Crippen molar-refractivity contribution in [1.82, 2.24) is 19.4 Å². The molecule has 33 heavy (non-hydrogen) atoms. The predicted molar refractivity (Wildman–Crippen MR) is 125 cm³/mol. The van der Waals surface area contributed by atoms with Crippen molar-refractivity contribution in [2.24, 2.45) is 7.05 Å². The van der Waals surface area contributed by atoms with Crippen LogP contribution in [0, 0.1) is 0 Å². The maximum atomic E-state index is 12.7. The maximum Gasteiger partial charge on any atom is 0.291 e. The summed E-state index contributed by atoms with van der Waals surface area (Å²) < 4.78 is 7.23. The van der Waals surface area contributed by atoms with E-state index in [9.17, 15) is 9.59 Å². The lowest BCUT2D eigenvalue weighted by atomic mass is 10.2. The molecule has 3 heterocycles. The van der Waals surface area contributed by atoms with E-state index in [0.717, 1.165) is 35.5 Å². The Hall–Kier alpha value is -3.91. The van der Waals surface area contributed by atoms with Crippen LogP contribution >= 0.6 is 0 Å². The first kappa shape index (κ1) is 21.0. The van der Waals surface area contributed by atoms with Crippen LogP contribution in [0.15, 0.2) is 71.3 Å². The number of aromatic nitrogens is 2. The molecular weight excluding hydrogens is 418 g/mol. The van der Waals surface area contributed by atoms with Crippen LogP contribution < -0.4 is 5.32 Å². The lowest BCUT2D eigenvalue weighted by Gasteiger charge is -2.34. The summed E-state index contributed by atoms with van der Waals surface area (Å²) in [6.45, 7) is 3.69. The molecule has 1 fully saturated rings. The second-order valence-electron chi connectivity index (χ2n) is 8.16. The van der Waals surface area contributed by atoms with Gasteiger partial charge in [-0.15, -0.1) is 0 Å². The van der Waals surface area contributed by atoms with E-state index in [-0.39, 0.29) is 17.6 Å². The first-order valence-electron chi connectivity index (χ1n) is 11.0. The van der Waals surface area contributed by atoms with Gasteiger partial charge in [-0.05, 0) is 42.5 Å². The van der Waals surface area contributed by atoms with Crippen molar-refractivity contribution in [3.8, 4) is 0 Å². The van der Waals surface area contributed by atoms with E-state index in [2.05, 4.69) is 14.8 Å². The van der Waals surface area contributed by atoms with Crippen molar-refractivity contribution in [2.75, 3.05) is 31.5 Å². The van der Waals surface area contributed by atoms with E-state index in [1.54, 1.807) is 12.1 Å². The van der Waals surface area contributed by atoms with Crippen LogP contribution in [-0.4, -0.2) is 57.3 Å². The third kappa shape index (κ3) is 4.38. The quantitative estimate of drug-likeness (QED) is 0.511. The van der Waals surface area contributed by atoms with Crippen LogP contribution in [0.5, 0.6) is 0 Å². The molecule has 5 rings (SSSR count). The molecule has 1 aliphatic rings. The highest BCUT2D eigenvalue weighted by Crippen LogP contribution is 2.21. The SMILES string of the molecule is Cn1c(CN2CCN(C(=O)c3ccccc3)CC2)nc2cc(NC(=O)c3ccco3)ccc21. The Balaban J connectivity index is 1.23. The highest BCUT2D eigenvalue weighted by Gasteiger charge is 2.23. The van der Waals surface area contributed by atoms with Crippen LogP contribution in [0.2, 0.25) is 0 Å². The number of nitrogens with zero attached hydrogens (tertiary/aromatic N) is 4. The molecule has 2 aromatic carbocycles. The molecule has 0 saturated carbocycles. The zero-order chi connectivity index (χ0) is 22.8. The Labute approximate surface area is 191 Å². The lowest BCUT2D eigenvalue weighted by Crippen LogP contribution is -2.48. The van der Waals surface area contributed by atoms with Crippen molar-refractivity contribution in [3.63, 3.8) is 0 Å². The van der Waals surface area contributed by atoms with Crippen LogP contribution in [0.25, 0.3) is 11.0 Å². The van der Waals surface area contributed by atoms with Crippen molar-refractivity contribution >= 4 is 28.5 Å². The Morgan fingerprint density at radius 3 is 2.52 bits per heavy atom. The molecule has 0 aliphatic carbocycles. The first-order chi connectivity index (χ1) is 16.1. The number of hydrogen-bond donors (Lipinski definition) is 1. The average Bonchev–Trinajstić information content (AvgIpc) is 3.49. The molecule has 0 unspecified atom stereocenters. The molecular formula is C25H25N5O3. The summed E-state index contributed by atoms with van der Waals surface area (Å²) in [5.41, 5.74) is 3.22. The topological polar surface area (TPSA) is 83.6 Å². The van der Waals surface area contributed by atoms with E-state index < -0.39 is 0 Å². The molecule has 2 amide bonds. The molecule has 1 saturated heterocycles. The summed E-state index contributed by atoms with van der Waals surface area (Å²) in [5.74, 6) is 1.00. The number of aryl methyl sites for hydroxylation is 1. The first-order valence-corrected chi connectivity index (χ1v) is 11.0. The Morgan fingerprint density at radius 2 is 1.79 bits per heavy atom. The molecule has 1 aliphatic heterocycles. The number of fused-ring (bicyclic) bond motifs is 1. The zero-order valence-electron chi connectivity index (χ0n) is 18.4. The second-order valence-corrected chi connectivity index (χ2v) is 8.16. The number of furan rings is 1. The number of anilines is 1. The molecule has 2 aromatic heterocycles. The smallest absolute Gasteiger partial charge is 0.291 e. The third-order valence-electron chi connectivity index (χ3n) is 6.02. The van der Waals surface area contributed by atoms with E-state index >= 15 is 0 Å². The van der Waals surface area contributed by atoms with Crippen LogP contribution in [0.3, 0.4) is 0 Å². The van der Waals surface area contributed by atoms with E-state index in [1.165, 1.54) is 6.26 Å². The zero-order valence-corrected chi connectivity index (χ0v) is 18.4. The number of rotatable bonds is 5. The summed E-state index contributed by atoms with van der Waals surface area (Å²) in [4.78, 5) is 34.0. The lowest BCUT2D eigenvalue weighted by molar-refractivity contribution is 0.0624. The van der Waals surface area contributed by atoms with Crippen molar-refractivity contribution in [2.45, 2.75) is 6.54 Å². The van der Waals surface area contributed by atoms with Gasteiger partial charge < -0.3 is 19.2 Å². The van der Waals surface area contributed by atoms with Gasteiger partial charge in [0.15, 0.2) is 5.76 Å². The Bertz CT molecular complexity index is 1270. The fourth-order valence-corrected chi connectivity index (χ4v) is 4.14. The average molecular weight is 444 g/mol. The highest BCUT2D eigenvalue weighted by molar-refractivity contribution is 6.03. The minimum Gasteiger partial charge on any atom is -0.459 e. The summed E-state index contributed by atoms with van der Waals surface area (Å²) in [7, 11) is 2.00. The fraction of sp³-hybridized carbons (Fsp3) is 0.240. The Morgan fingerprint density at radius 1 is 1.00 bits per heavy atom. The largest absolute Gasteiger partial charge is 0.459 e. The van der Waals surface area contributed by atoms with Gasteiger partial charge in [0.05, 0.1) is 23.8 Å². The van der Waals surface area contributed by atoms with Crippen molar-refractivity contribution in [1.29, 1.82) is 0 Å². The standard InChI is InChI=1S/C25H25N5O3/c1-28-21-10-9-19(26-24(31)22-8-5-15-33-22)16-20(21)27-23(28)17-29-11-13-30(14-12-29)25(32)18-6-3-2-4-7-18/h2-10,15-16H,11-14,17H2,1H3,(H,26,31). The van der Waals surface area contributed by atoms with Gasteiger partial charge in [-0.25, -0.2) is 4.98 Å². The van der Waals surface area contributed by atoms with Gasteiger partial charge in [0, 0.05) is 44.5 Å².